The Hall–Kier alpha value is -8.47. The summed E-state index contributed by atoms with van der Waals surface area (Å²) in [5, 5.41) is 32.1. The van der Waals surface area contributed by atoms with Crippen molar-refractivity contribution in [2.45, 2.75) is 114 Å². The van der Waals surface area contributed by atoms with Gasteiger partial charge in [0.25, 0.3) is 15.6 Å². The van der Waals surface area contributed by atoms with Gasteiger partial charge >= 0.3 is 53.6 Å². The van der Waals surface area contributed by atoms with Crippen LogP contribution in [0.15, 0.2) is 119 Å². The van der Waals surface area contributed by atoms with Crippen molar-refractivity contribution in [2.75, 3.05) is 40.3 Å². The minimum atomic E-state index is -4.21. The molecule has 462 valence electrons. The molecule has 4 aromatic carbocycles. The summed E-state index contributed by atoms with van der Waals surface area (Å²) in [6, 6.07) is 23.0. The first-order valence-electron chi connectivity index (χ1n) is 28.7. The van der Waals surface area contributed by atoms with E-state index in [1.807, 2.05) is 37.3 Å². The van der Waals surface area contributed by atoms with Crippen molar-refractivity contribution in [1.29, 1.82) is 0 Å². The number of fused-ring (bicyclic) bond motifs is 5. The standard InChI is InChI=1S/C61H68N12O13S2.Na/c1-5-25-63-58(81)65-40-14-10-16-42(29-40)88(83,84)71-41-15-9-13-36(28-41)47(31-50(74)75)68-59(82)64-38-19-21-39(22-20-38)66-60(87)69-46(23-24-62)55(78)72-26-11-18-48(72)53(76)70-51(34(3)4)56(79)86-61(6-2)44-30-49-52-37(27-35-12-7-8-17-45(35)67-52)32-73(49)54(77)43(44)33-85-57(61)80;/h7-10,12-17,19-22,27-30,34,46-48,51,71H,5-6,11,18,23-26,31-33,62H2,1-4H3,(H,70,76)(H,74,75)(H2,63,65,81)(H2,64,68,82)(H2,66,69,87);/q;+1/p-1/t46-,47?,48-,51-,61-;/m0./s1. The number of likely N-dealkylation sites (tertiary alicyclic amines) is 1. The van der Waals surface area contributed by atoms with Gasteiger partial charge in [0.05, 0.1) is 40.0 Å². The number of pyridine rings is 2. The number of amides is 6. The number of aliphatic carboxylic acids is 1. The fraction of sp³-hybridized carbons (Fsp3) is 0.344. The van der Waals surface area contributed by atoms with Gasteiger partial charge in [0.2, 0.25) is 17.4 Å². The molecule has 0 spiro atoms. The van der Waals surface area contributed by atoms with Gasteiger partial charge in [0, 0.05) is 64.7 Å². The molecule has 2 aromatic heterocycles. The van der Waals surface area contributed by atoms with E-state index < -0.39 is 99.5 Å². The molecule has 6 aromatic rings. The van der Waals surface area contributed by atoms with Crippen LogP contribution in [0.2, 0.25) is 0 Å². The van der Waals surface area contributed by atoms with Crippen molar-refractivity contribution < 1.29 is 86.1 Å². The Morgan fingerprint density at radius 1 is 0.854 bits per heavy atom. The second kappa shape index (κ2) is 28.8. The van der Waals surface area contributed by atoms with Crippen molar-refractivity contribution in [1.82, 2.24) is 35.7 Å². The van der Waals surface area contributed by atoms with Crippen molar-refractivity contribution in [3.8, 4) is 11.4 Å². The molecular formula is C61H67N12NaO13S2. The maximum atomic E-state index is 14.4. The minimum Gasteiger partial charge on any atom is -0.550 e. The number of para-hydroxylation sites is 1. The zero-order valence-corrected chi connectivity index (χ0v) is 53.2. The quantitative estimate of drug-likeness (QED) is 0.0265. The molecule has 0 bridgehead atoms. The normalized spacial score (nSPS) is 16.6. The molecule has 89 heavy (non-hydrogen) atoms. The predicted octanol–water partition coefficient (Wildman–Crippen LogP) is 1.81. The summed E-state index contributed by atoms with van der Waals surface area (Å²) in [6.07, 6.45) is 0.766. The van der Waals surface area contributed by atoms with Crippen molar-refractivity contribution >= 4 is 103 Å². The third-order valence-electron chi connectivity index (χ3n) is 15.3. The van der Waals surface area contributed by atoms with Gasteiger partial charge in [0.1, 0.15) is 24.7 Å². The number of esters is 2. The first-order valence-corrected chi connectivity index (χ1v) is 30.6. The first-order chi connectivity index (χ1) is 42.1. The number of ether oxygens (including phenoxy) is 2. The Kier molecular flexibility index (Phi) is 21.5. The van der Waals surface area contributed by atoms with Crippen molar-refractivity contribution in [3.63, 3.8) is 0 Å². The number of nitrogens with zero attached hydrogens (tertiary/aromatic N) is 3. The number of carboxylic acid groups (broad SMARTS) is 1. The average Bonchev–Trinajstić information content (AvgIpc) is 1.72. The van der Waals surface area contributed by atoms with Crippen LogP contribution >= 0.6 is 12.2 Å². The molecule has 3 aliphatic rings. The summed E-state index contributed by atoms with van der Waals surface area (Å²) >= 11 is 5.62. The molecule has 5 heterocycles. The molecule has 0 saturated carbocycles. The summed E-state index contributed by atoms with van der Waals surface area (Å²) in [6.45, 7) is 7.51. The fourth-order valence-electron chi connectivity index (χ4n) is 10.9. The molecule has 0 aliphatic carbocycles. The predicted molar refractivity (Wildman–Crippen MR) is 329 cm³/mol. The monoisotopic (exact) mass is 1260 g/mol. The number of hydrogen-bond donors (Lipinski definition) is 9. The number of cyclic esters (lactones) is 1. The first kappa shape index (κ1) is 66.5. The van der Waals surface area contributed by atoms with Crippen LogP contribution in [-0.2, 0) is 62.2 Å². The molecule has 3 aliphatic heterocycles. The SMILES string of the molecule is CCCNC(=O)Nc1cccc(S(=O)(=O)Nc2cccc(C(CC(=O)[O-])NC(=O)Nc3ccc(NC(=S)N[C@@H](CCN)C(=O)N4CCC[C@H]4C(=O)N[C@H](C(=O)O[C@]4(CC)C(=O)OCc5c4cc4n(c5=O)Cc5cc6ccccc6nc5-4)C(C)C)cc3)c2)c1.[Na+]. The maximum absolute atomic E-state index is 14.4. The number of nitrogens with two attached hydrogens (primary N) is 1. The van der Waals surface area contributed by atoms with E-state index in [1.165, 1.54) is 65.6 Å². The third-order valence-corrected chi connectivity index (χ3v) is 16.9. The zero-order valence-electron chi connectivity index (χ0n) is 49.6. The number of nitrogens with one attached hydrogen (secondary N) is 8. The summed E-state index contributed by atoms with van der Waals surface area (Å²) in [7, 11) is -4.21. The van der Waals surface area contributed by atoms with Crippen LogP contribution in [0.3, 0.4) is 0 Å². The van der Waals surface area contributed by atoms with Gasteiger partial charge in [-0.15, -0.1) is 0 Å². The number of aromatic nitrogens is 2. The number of carbonyl (C=O) groups is 7. The van der Waals surface area contributed by atoms with Crippen LogP contribution in [0.1, 0.15) is 94.5 Å². The van der Waals surface area contributed by atoms with E-state index in [1.54, 1.807) is 43.5 Å². The fourth-order valence-corrected chi connectivity index (χ4v) is 12.2. The summed E-state index contributed by atoms with van der Waals surface area (Å²) in [4.78, 5) is 115. The van der Waals surface area contributed by atoms with Gasteiger partial charge in [-0.2, -0.15) is 0 Å². The summed E-state index contributed by atoms with van der Waals surface area (Å²) < 4.78 is 42.6. The molecule has 5 atom stereocenters. The van der Waals surface area contributed by atoms with E-state index in [4.69, 9.17) is 32.4 Å². The average molecular weight is 1260 g/mol. The third kappa shape index (κ3) is 15.2. The molecule has 9 rings (SSSR count). The van der Waals surface area contributed by atoms with E-state index in [-0.39, 0.29) is 119 Å². The van der Waals surface area contributed by atoms with Gasteiger partial charge in [-0.3, -0.25) is 19.1 Å². The zero-order chi connectivity index (χ0) is 63.0. The van der Waals surface area contributed by atoms with E-state index in [9.17, 15) is 51.9 Å². The number of benzene rings is 4. The van der Waals surface area contributed by atoms with Gasteiger partial charge in [-0.25, -0.2) is 32.6 Å². The summed E-state index contributed by atoms with van der Waals surface area (Å²) in [5.74, 6) is -4.99. The number of sulfonamides is 1. The van der Waals surface area contributed by atoms with Gasteiger partial charge in [-0.1, -0.05) is 64.1 Å². The van der Waals surface area contributed by atoms with E-state index in [0.717, 1.165) is 10.9 Å². The number of anilines is 4. The number of thiocarbonyl (C=S) groups is 1. The molecule has 6 amide bonds. The van der Waals surface area contributed by atoms with Gasteiger partial charge in [0.15, 0.2) is 5.11 Å². The van der Waals surface area contributed by atoms with Crippen LogP contribution in [0, 0.1) is 5.92 Å². The van der Waals surface area contributed by atoms with Gasteiger partial charge in [-0.05, 0) is 135 Å². The van der Waals surface area contributed by atoms with Crippen LogP contribution in [0.25, 0.3) is 22.3 Å². The number of hydrogen-bond acceptors (Lipinski definition) is 16. The van der Waals surface area contributed by atoms with Crippen LogP contribution in [0.5, 0.6) is 0 Å². The maximum Gasteiger partial charge on any atom is 1.00 e. The largest absolute Gasteiger partial charge is 1.00 e. The smallest absolute Gasteiger partial charge is 0.550 e. The van der Waals surface area contributed by atoms with Gasteiger partial charge < -0.3 is 71.8 Å². The van der Waals surface area contributed by atoms with Crippen LogP contribution in [0.4, 0.5) is 32.3 Å². The molecule has 10 N–H and O–H groups in total. The van der Waals surface area contributed by atoms with E-state index in [2.05, 4.69) is 41.9 Å². The Morgan fingerprint density at radius 2 is 1.56 bits per heavy atom. The second-order valence-corrected chi connectivity index (χ2v) is 23.9. The van der Waals surface area contributed by atoms with Crippen LogP contribution in [-0.4, -0.2) is 108 Å². The minimum absolute atomic E-state index is 0. The van der Waals surface area contributed by atoms with E-state index >= 15 is 0 Å². The molecule has 1 fully saturated rings. The Morgan fingerprint density at radius 3 is 2.27 bits per heavy atom. The molecule has 1 unspecified atom stereocenters. The number of rotatable bonds is 22. The summed E-state index contributed by atoms with van der Waals surface area (Å²) in [5.41, 5.74) is 7.69. The second-order valence-electron chi connectivity index (χ2n) is 21.8. The molecule has 0 radical (unpaired) electrons. The Labute approximate surface area is 540 Å². The Balaban J connectivity index is 0.0000102. The number of urea groups is 2. The van der Waals surface area contributed by atoms with Crippen molar-refractivity contribution in [2.24, 2.45) is 11.7 Å². The molecule has 1 saturated heterocycles. The van der Waals surface area contributed by atoms with E-state index in [0.29, 0.717) is 42.0 Å². The topological polar surface area (TPSA) is 356 Å². The Bertz CT molecular complexity index is 3910. The number of carbonyl (C=O) groups excluding carboxylic acids is 7. The number of carboxylic acids is 1. The van der Waals surface area contributed by atoms with Crippen molar-refractivity contribution in [3.05, 3.63) is 142 Å². The molecule has 25 nitrogen and oxygen atoms in total. The molecular weight excluding hydrogens is 1200 g/mol. The van der Waals surface area contributed by atoms with Crippen LogP contribution < -0.4 is 87.9 Å². The molecule has 28 heteroatoms.